The molecule has 0 atom stereocenters. The second kappa shape index (κ2) is 3.98. The molecule has 0 bridgehead atoms. The van der Waals surface area contributed by atoms with E-state index in [0.717, 1.165) is 0 Å². The highest BCUT2D eigenvalue weighted by molar-refractivity contribution is 6.30. The SMILES string of the molecule is Cc1nc(Cc2cccc(Cl)c2F)n[nH]1. The fourth-order valence-corrected chi connectivity index (χ4v) is 1.52. The molecule has 1 N–H and O–H groups in total. The maximum Gasteiger partial charge on any atom is 0.155 e. The van der Waals surface area contributed by atoms with E-state index < -0.39 is 5.82 Å². The van der Waals surface area contributed by atoms with Crippen LogP contribution in [0.25, 0.3) is 0 Å². The summed E-state index contributed by atoms with van der Waals surface area (Å²) in [4.78, 5) is 4.10. The molecule has 0 aliphatic rings. The van der Waals surface area contributed by atoms with E-state index in [0.29, 0.717) is 23.6 Å². The van der Waals surface area contributed by atoms with Crippen LogP contribution in [0.15, 0.2) is 18.2 Å². The first-order chi connectivity index (χ1) is 7.16. The van der Waals surface area contributed by atoms with Gasteiger partial charge in [-0.2, -0.15) is 5.10 Å². The van der Waals surface area contributed by atoms with E-state index in [1.807, 2.05) is 0 Å². The highest BCUT2D eigenvalue weighted by atomic mass is 35.5. The number of halogens is 2. The van der Waals surface area contributed by atoms with Gasteiger partial charge >= 0.3 is 0 Å². The van der Waals surface area contributed by atoms with Crippen molar-refractivity contribution >= 4 is 11.6 Å². The summed E-state index contributed by atoms with van der Waals surface area (Å²) in [5.74, 6) is 0.878. The quantitative estimate of drug-likeness (QED) is 0.853. The fraction of sp³-hybridized carbons (Fsp3) is 0.200. The molecule has 1 aromatic heterocycles. The Hall–Kier alpha value is -1.42. The predicted octanol–water partition coefficient (Wildman–Crippen LogP) is 2.50. The lowest BCUT2D eigenvalue weighted by Crippen LogP contribution is -1.95. The maximum atomic E-state index is 13.5. The first kappa shape index (κ1) is 10.1. The van der Waals surface area contributed by atoms with Crippen LogP contribution < -0.4 is 0 Å². The second-order valence-corrected chi connectivity index (χ2v) is 3.63. The van der Waals surface area contributed by atoms with Crippen LogP contribution in [0, 0.1) is 12.7 Å². The number of aromatic amines is 1. The third-order valence-corrected chi connectivity index (χ3v) is 2.32. The molecule has 15 heavy (non-hydrogen) atoms. The van der Waals surface area contributed by atoms with Gasteiger partial charge in [-0.05, 0) is 18.6 Å². The molecule has 0 amide bonds. The largest absolute Gasteiger partial charge is 0.263 e. The molecule has 0 unspecified atom stereocenters. The number of aromatic nitrogens is 3. The Labute approximate surface area is 91.3 Å². The van der Waals surface area contributed by atoms with Gasteiger partial charge in [-0.3, -0.25) is 5.10 Å². The van der Waals surface area contributed by atoms with Crippen LogP contribution >= 0.6 is 11.6 Å². The summed E-state index contributed by atoms with van der Waals surface area (Å²) in [6, 6.07) is 4.90. The lowest BCUT2D eigenvalue weighted by atomic mass is 10.1. The van der Waals surface area contributed by atoms with Gasteiger partial charge in [0.15, 0.2) is 5.82 Å². The van der Waals surface area contributed by atoms with Gasteiger partial charge in [0, 0.05) is 6.42 Å². The Kier molecular flexibility index (Phi) is 2.68. The smallest absolute Gasteiger partial charge is 0.155 e. The molecule has 0 radical (unpaired) electrons. The summed E-state index contributed by atoms with van der Waals surface area (Å²) in [6.45, 7) is 1.80. The molecular formula is C10H9ClFN3. The minimum absolute atomic E-state index is 0.125. The molecule has 2 aromatic rings. The topological polar surface area (TPSA) is 41.6 Å². The highest BCUT2D eigenvalue weighted by Crippen LogP contribution is 2.19. The Morgan fingerprint density at radius 1 is 1.47 bits per heavy atom. The lowest BCUT2D eigenvalue weighted by molar-refractivity contribution is 0.612. The van der Waals surface area contributed by atoms with Crippen LogP contribution in [0.5, 0.6) is 0 Å². The van der Waals surface area contributed by atoms with E-state index >= 15 is 0 Å². The van der Waals surface area contributed by atoms with Crippen LogP contribution in [-0.4, -0.2) is 15.2 Å². The van der Waals surface area contributed by atoms with Crippen LogP contribution in [-0.2, 0) is 6.42 Å². The molecule has 0 saturated heterocycles. The molecule has 1 aromatic carbocycles. The number of rotatable bonds is 2. The summed E-state index contributed by atoms with van der Waals surface area (Å²) in [6.07, 6.45) is 0.344. The minimum atomic E-state index is -0.401. The van der Waals surface area contributed by atoms with E-state index in [2.05, 4.69) is 15.2 Å². The monoisotopic (exact) mass is 225 g/mol. The van der Waals surface area contributed by atoms with E-state index in [4.69, 9.17) is 11.6 Å². The molecule has 78 valence electrons. The first-order valence-electron chi connectivity index (χ1n) is 4.47. The van der Waals surface area contributed by atoms with Crippen molar-refractivity contribution < 1.29 is 4.39 Å². The van der Waals surface area contributed by atoms with Crippen molar-refractivity contribution in [3.63, 3.8) is 0 Å². The summed E-state index contributed by atoms with van der Waals surface area (Å²) in [5, 5.41) is 6.77. The van der Waals surface area contributed by atoms with Gasteiger partial charge in [0.1, 0.15) is 11.6 Å². The molecule has 0 aliphatic heterocycles. The average molecular weight is 226 g/mol. The fourth-order valence-electron chi connectivity index (χ4n) is 1.32. The van der Waals surface area contributed by atoms with Crippen molar-refractivity contribution in [3.8, 4) is 0 Å². The molecule has 0 fully saturated rings. The Bertz CT molecular complexity index is 481. The first-order valence-corrected chi connectivity index (χ1v) is 4.85. The van der Waals surface area contributed by atoms with Gasteiger partial charge in [0.05, 0.1) is 5.02 Å². The lowest BCUT2D eigenvalue weighted by Gasteiger charge is -2.00. The molecule has 5 heteroatoms. The van der Waals surface area contributed by atoms with Gasteiger partial charge < -0.3 is 0 Å². The van der Waals surface area contributed by atoms with Gasteiger partial charge in [-0.25, -0.2) is 9.37 Å². The van der Waals surface area contributed by atoms with Gasteiger partial charge in [-0.15, -0.1) is 0 Å². The molecule has 3 nitrogen and oxygen atoms in total. The Balaban J connectivity index is 2.28. The van der Waals surface area contributed by atoms with Crippen molar-refractivity contribution in [2.75, 3.05) is 0 Å². The van der Waals surface area contributed by atoms with Crippen molar-refractivity contribution in [3.05, 3.63) is 46.3 Å². The van der Waals surface area contributed by atoms with Gasteiger partial charge in [0.2, 0.25) is 0 Å². The van der Waals surface area contributed by atoms with Crippen LogP contribution in [0.3, 0.4) is 0 Å². The number of nitrogens with zero attached hydrogens (tertiary/aromatic N) is 2. The van der Waals surface area contributed by atoms with Gasteiger partial charge in [0.25, 0.3) is 0 Å². The molecule has 1 heterocycles. The number of hydrogen-bond donors (Lipinski definition) is 1. The molecule has 2 rings (SSSR count). The van der Waals surface area contributed by atoms with E-state index in [1.54, 1.807) is 19.1 Å². The Morgan fingerprint density at radius 3 is 2.93 bits per heavy atom. The van der Waals surface area contributed by atoms with Crippen molar-refractivity contribution in [1.82, 2.24) is 15.2 Å². The average Bonchev–Trinajstić information content (AvgIpc) is 2.59. The highest BCUT2D eigenvalue weighted by Gasteiger charge is 2.09. The van der Waals surface area contributed by atoms with Crippen molar-refractivity contribution in [2.45, 2.75) is 13.3 Å². The number of benzene rings is 1. The number of H-pyrrole nitrogens is 1. The van der Waals surface area contributed by atoms with Crippen molar-refractivity contribution in [2.24, 2.45) is 0 Å². The van der Waals surface area contributed by atoms with Gasteiger partial charge in [-0.1, -0.05) is 23.7 Å². The zero-order chi connectivity index (χ0) is 10.8. The molecule has 0 spiro atoms. The normalized spacial score (nSPS) is 10.6. The van der Waals surface area contributed by atoms with Crippen LogP contribution in [0.2, 0.25) is 5.02 Å². The van der Waals surface area contributed by atoms with Crippen molar-refractivity contribution in [1.29, 1.82) is 0 Å². The minimum Gasteiger partial charge on any atom is -0.263 e. The zero-order valence-electron chi connectivity index (χ0n) is 8.09. The summed E-state index contributed by atoms with van der Waals surface area (Å²) >= 11 is 5.66. The van der Waals surface area contributed by atoms with E-state index in [1.165, 1.54) is 6.07 Å². The number of nitrogens with one attached hydrogen (secondary N) is 1. The standard InChI is InChI=1S/C10H9ClFN3/c1-6-13-9(15-14-6)5-7-3-2-4-8(11)10(7)12/h2-4H,5H2,1H3,(H,13,14,15). The van der Waals surface area contributed by atoms with E-state index in [9.17, 15) is 4.39 Å². The third-order valence-electron chi connectivity index (χ3n) is 2.02. The summed E-state index contributed by atoms with van der Waals surface area (Å²) in [7, 11) is 0. The second-order valence-electron chi connectivity index (χ2n) is 3.23. The predicted molar refractivity (Wildman–Crippen MR) is 55.3 cm³/mol. The number of aryl methyl sites for hydroxylation is 1. The third kappa shape index (κ3) is 2.15. The summed E-state index contributed by atoms with van der Waals surface area (Å²) in [5.41, 5.74) is 0.501. The van der Waals surface area contributed by atoms with Crippen LogP contribution in [0.1, 0.15) is 17.2 Å². The summed E-state index contributed by atoms with van der Waals surface area (Å²) < 4.78 is 13.5. The van der Waals surface area contributed by atoms with Crippen LogP contribution in [0.4, 0.5) is 4.39 Å². The molecular weight excluding hydrogens is 217 g/mol. The zero-order valence-corrected chi connectivity index (χ0v) is 8.85. The Morgan fingerprint density at radius 2 is 2.27 bits per heavy atom. The number of hydrogen-bond acceptors (Lipinski definition) is 2. The maximum absolute atomic E-state index is 13.5. The molecule has 0 aliphatic carbocycles. The van der Waals surface area contributed by atoms with E-state index in [-0.39, 0.29) is 5.02 Å². The molecule has 0 saturated carbocycles.